The Labute approximate surface area is 143 Å². The van der Waals surface area contributed by atoms with Crippen LogP contribution in [0.3, 0.4) is 0 Å². The Morgan fingerprint density at radius 3 is 2.38 bits per heavy atom. The number of carbonyl (C=O) groups excluding carboxylic acids is 1. The third kappa shape index (κ3) is 4.55. The number of piperazine rings is 1. The third-order valence-electron chi connectivity index (χ3n) is 4.32. The van der Waals surface area contributed by atoms with Crippen molar-refractivity contribution in [2.24, 2.45) is 0 Å². The number of anilines is 1. The zero-order valence-electron chi connectivity index (χ0n) is 14.1. The van der Waals surface area contributed by atoms with Crippen molar-refractivity contribution in [3.05, 3.63) is 59.8 Å². The molecule has 3 rings (SSSR count). The molecule has 1 N–H and O–H groups in total. The molecule has 1 fully saturated rings. The first-order valence-electron chi connectivity index (χ1n) is 8.41. The predicted molar refractivity (Wildman–Crippen MR) is 95.7 cm³/mol. The average molecular weight is 324 g/mol. The first-order chi connectivity index (χ1) is 11.7. The lowest BCUT2D eigenvalue weighted by Gasteiger charge is -2.35. The number of nitrogens with zero attached hydrogens (tertiary/aromatic N) is 3. The van der Waals surface area contributed by atoms with Gasteiger partial charge in [0, 0.05) is 52.4 Å². The molecule has 2 aromatic rings. The molecule has 1 aromatic heterocycles. The Kier molecular flexibility index (Phi) is 5.43. The minimum absolute atomic E-state index is 0.00449. The van der Waals surface area contributed by atoms with Gasteiger partial charge < -0.3 is 10.2 Å². The van der Waals surface area contributed by atoms with Gasteiger partial charge >= 0.3 is 0 Å². The predicted octanol–water partition coefficient (Wildman–Crippen LogP) is 2.04. The quantitative estimate of drug-likeness (QED) is 0.914. The van der Waals surface area contributed by atoms with E-state index in [1.54, 1.807) is 6.92 Å². The lowest BCUT2D eigenvalue weighted by molar-refractivity contribution is -0.119. The molecular weight excluding hydrogens is 300 g/mol. The van der Waals surface area contributed by atoms with E-state index in [1.807, 2.05) is 18.3 Å². The van der Waals surface area contributed by atoms with Gasteiger partial charge in [-0.3, -0.25) is 9.69 Å². The molecule has 0 saturated carbocycles. The molecule has 1 aliphatic heterocycles. The number of benzene rings is 1. The summed E-state index contributed by atoms with van der Waals surface area (Å²) in [7, 11) is 0. The zero-order chi connectivity index (χ0) is 16.8. The maximum Gasteiger partial charge on any atom is 0.217 e. The number of nitrogens with one attached hydrogen (secondary N) is 1. The van der Waals surface area contributed by atoms with Crippen LogP contribution in [-0.4, -0.2) is 42.0 Å². The summed E-state index contributed by atoms with van der Waals surface area (Å²) in [5, 5.41) is 2.82. The second-order valence-corrected chi connectivity index (χ2v) is 6.18. The minimum atomic E-state index is 0.00449. The molecule has 1 aromatic carbocycles. The number of hydrogen-bond donors (Lipinski definition) is 1. The fraction of sp³-hybridized carbons (Fsp3) is 0.368. The SMILES string of the molecule is CC(=O)NCc1ccc(CN2CCN(c3ccccn3)CC2)cc1. The molecule has 5 nitrogen and oxygen atoms in total. The molecule has 1 aliphatic rings. The largest absolute Gasteiger partial charge is 0.354 e. The van der Waals surface area contributed by atoms with Crippen molar-refractivity contribution in [3.63, 3.8) is 0 Å². The first-order valence-corrected chi connectivity index (χ1v) is 8.41. The number of amides is 1. The molecular formula is C19H24N4O. The molecule has 5 heteroatoms. The van der Waals surface area contributed by atoms with Crippen LogP contribution < -0.4 is 10.2 Å². The molecule has 0 unspecified atom stereocenters. The van der Waals surface area contributed by atoms with Crippen molar-refractivity contribution in [2.45, 2.75) is 20.0 Å². The summed E-state index contributed by atoms with van der Waals surface area (Å²) in [6.45, 7) is 7.22. The Morgan fingerprint density at radius 2 is 1.75 bits per heavy atom. The number of hydrogen-bond acceptors (Lipinski definition) is 4. The van der Waals surface area contributed by atoms with Gasteiger partial charge in [-0.25, -0.2) is 4.98 Å². The van der Waals surface area contributed by atoms with E-state index < -0.39 is 0 Å². The molecule has 2 heterocycles. The molecule has 0 bridgehead atoms. The van der Waals surface area contributed by atoms with Crippen LogP contribution >= 0.6 is 0 Å². The lowest BCUT2D eigenvalue weighted by Crippen LogP contribution is -2.46. The molecule has 0 spiro atoms. The van der Waals surface area contributed by atoms with Crippen LogP contribution in [0, 0.1) is 0 Å². The van der Waals surface area contributed by atoms with E-state index in [0.29, 0.717) is 6.54 Å². The van der Waals surface area contributed by atoms with Crippen LogP contribution in [0.4, 0.5) is 5.82 Å². The maximum absolute atomic E-state index is 10.9. The smallest absolute Gasteiger partial charge is 0.217 e. The highest BCUT2D eigenvalue weighted by Gasteiger charge is 2.17. The van der Waals surface area contributed by atoms with Crippen LogP contribution in [0.2, 0.25) is 0 Å². The number of pyridine rings is 1. The van der Waals surface area contributed by atoms with Gasteiger partial charge in [0.05, 0.1) is 0 Å². The van der Waals surface area contributed by atoms with Crippen LogP contribution in [0.25, 0.3) is 0 Å². The number of carbonyl (C=O) groups is 1. The second kappa shape index (κ2) is 7.93. The summed E-state index contributed by atoms with van der Waals surface area (Å²) in [6, 6.07) is 14.6. The molecule has 0 radical (unpaired) electrons. The summed E-state index contributed by atoms with van der Waals surface area (Å²) in [6.07, 6.45) is 1.85. The summed E-state index contributed by atoms with van der Waals surface area (Å²) in [5.74, 6) is 1.07. The highest BCUT2D eigenvalue weighted by Crippen LogP contribution is 2.14. The minimum Gasteiger partial charge on any atom is -0.354 e. The van der Waals surface area contributed by atoms with E-state index in [-0.39, 0.29) is 5.91 Å². The van der Waals surface area contributed by atoms with Gasteiger partial charge in [0.1, 0.15) is 5.82 Å². The van der Waals surface area contributed by atoms with Crippen molar-refractivity contribution in [1.82, 2.24) is 15.2 Å². The van der Waals surface area contributed by atoms with Gasteiger partial charge in [0.25, 0.3) is 0 Å². The highest BCUT2D eigenvalue weighted by molar-refractivity contribution is 5.72. The second-order valence-electron chi connectivity index (χ2n) is 6.18. The fourth-order valence-electron chi connectivity index (χ4n) is 2.92. The summed E-state index contributed by atoms with van der Waals surface area (Å²) < 4.78 is 0. The van der Waals surface area contributed by atoms with Crippen molar-refractivity contribution < 1.29 is 4.79 Å². The van der Waals surface area contributed by atoms with Crippen molar-refractivity contribution in [2.75, 3.05) is 31.1 Å². The third-order valence-corrected chi connectivity index (χ3v) is 4.32. The Morgan fingerprint density at radius 1 is 1.04 bits per heavy atom. The zero-order valence-corrected chi connectivity index (χ0v) is 14.1. The van der Waals surface area contributed by atoms with E-state index in [1.165, 1.54) is 5.56 Å². The van der Waals surface area contributed by atoms with E-state index in [9.17, 15) is 4.79 Å². The summed E-state index contributed by atoms with van der Waals surface area (Å²) in [4.78, 5) is 20.2. The van der Waals surface area contributed by atoms with Gasteiger partial charge in [-0.05, 0) is 23.3 Å². The maximum atomic E-state index is 10.9. The highest BCUT2D eigenvalue weighted by atomic mass is 16.1. The molecule has 0 atom stereocenters. The van der Waals surface area contributed by atoms with E-state index >= 15 is 0 Å². The van der Waals surface area contributed by atoms with E-state index in [2.05, 4.69) is 50.4 Å². The van der Waals surface area contributed by atoms with Crippen molar-refractivity contribution in [3.8, 4) is 0 Å². The van der Waals surface area contributed by atoms with Crippen LogP contribution in [0.1, 0.15) is 18.1 Å². The van der Waals surface area contributed by atoms with Crippen LogP contribution in [0.5, 0.6) is 0 Å². The molecule has 1 amide bonds. The molecule has 0 aliphatic carbocycles. The lowest BCUT2D eigenvalue weighted by atomic mass is 10.1. The van der Waals surface area contributed by atoms with Gasteiger partial charge in [-0.15, -0.1) is 0 Å². The number of rotatable bonds is 5. The molecule has 24 heavy (non-hydrogen) atoms. The van der Waals surface area contributed by atoms with Gasteiger partial charge in [-0.1, -0.05) is 30.3 Å². The summed E-state index contributed by atoms with van der Waals surface area (Å²) in [5.41, 5.74) is 2.45. The normalized spacial score (nSPS) is 15.3. The summed E-state index contributed by atoms with van der Waals surface area (Å²) >= 11 is 0. The van der Waals surface area contributed by atoms with Crippen molar-refractivity contribution >= 4 is 11.7 Å². The monoisotopic (exact) mass is 324 g/mol. The Hall–Kier alpha value is -2.40. The Balaban J connectivity index is 1.48. The van der Waals surface area contributed by atoms with Crippen LogP contribution in [-0.2, 0) is 17.9 Å². The molecule has 126 valence electrons. The number of aromatic nitrogens is 1. The van der Waals surface area contributed by atoms with Crippen LogP contribution in [0.15, 0.2) is 48.7 Å². The molecule has 1 saturated heterocycles. The Bertz CT molecular complexity index is 649. The van der Waals surface area contributed by atoms with Gasteiger partial charge in [-0.2, -0.15) is 0 Å². The topological polar surface area (TPSA) is 48.5 Å². The average Bonchev–Trinajstić information content (AvgIpc) is 2.62. The van der Waals surface area contributed by atoms with Gasteiger partial charge in [0.15, 0.2) is 0 Å². The van der Waals surface area contributed by atoms with E-state index in [4.69, 9.17) is 0 Å². The fourth-order valence-corrected chi connectivity index (χ4v) is 2.92. The van der Waals surface area contributed by atoms with Gasteiger partial charge in [0.2, 0.25) is 5.91 Å². The van der Waals surface area contributed by atoms with E-state index in [0.717, 1.165) is 44.1 Å². The standard InChI is InChI=1S/C19H24N4O/c1-16(24)21-14-17-5-7-18(8-6-17)15-22-10-12-23(13-11-22)19-4-2-3-9-20-19/h2-9H,10-15H2,1H3,(H,21,24). The van der Waals surface area contributed by atoms with Crippen molar-refractivity contribution in [1.29, 1.82) is 0 Å². The first kappa shape index (κ1) is 16.5.